The Kier molecular flexibility index (Phi) is 7.97. The number of hydroxylamine groups is 1. The fraction of sp³-hybridized carbons (Fsp3) is 0. The molecule has 3 aromatic heterocycles. The number of nitrogens with one attached hydrogen (secondary N) is 4. The van der Waals surface area contributed by atoms with Gasteiger partial charge >= 0.3 is 0 Å². The monoisotopic (exact) mass is 584 g/mol. The minimum absolute atomic E-state index is 1.21. The van der Waals surface area contributed by atoms with Gasteiger partial charge in [0.1, 0.15) is 6.26 Å². The summed E-state index contributed by atoms with van der Waals surface area (Å²) in [6.45, 7) is 0. The lowest BCUT2D eigenvalue weighted by atomic mass is 10.2. The molecule has 0 saturated carbocycles. The Labute approximate surface area is 260 Å². The number of para-hydroxylation sites is 6. The summed E-state index contributed by atoms with van der Waals surface area (Å²) in [4.78, 5) is 14.7. The minimum atomic E-state index is 1.21. The quantitative estimate of drug-likeness (QED) is 0.143. The van der Waals surface area contributed by atoms with Crippen LogP contribution in [0.25, 0.3) is 65.4 Å². The third-order valence-corrected chi connectivity index (χ3v) is 7.73. The average Bonchev–Trinajstić information content (AvgIpc) is 3.81. The van der Waals surface area contributed by atoms with Gasteiger partial charge in [-0.3, -0.25) is 0 Å². The van der Waals surface area contributed by atoms with Gasteiger partial charge in [0.15, 0.2) is 0 Å². The lowest BCUT2D eigenvalue weighted by Gasteiger charge is -1.97. The number of fused-ring (bicyclic) bond motifs is 9. The molecule has 4 heterocycles. The maximum atomic E-state index is 4.55. The molecular weight excluding hydrogens is 552 g/mol. The summed E-state index contributed by atoms with van der Waals surface area (Å²) in [5.74, 6) is 0. The van der Waals surface area contributed by atoms with Crippen molar-refractivity contribution in [2.45, 2.75) is 0 Å². The van der Waals surface area contributed by atoms with Crippen LogP contribution in [-0.4, -0.2) is 15.0 Å². The lowest BCUT2D eigenvalue weighted by molar-refractivity contribution is 0.172. The van der Waals surface area contributed by atoms with Crippen LogP contribution in [0, 0.1) is 0 Å². The SMILES string of the molecule is C1=CNOC=C1.c1ccc2c(c1)[nH]c1ccccc12.c1ccc2c(c1)[nH]c1ccccc12.c1ccc2c(c1)[nH]c1ccccc12. The van der Waals surface area contributed by atoms with Crippen LogP contribution in [0.15, 0.2) is 170 Å². The van der Waals surface area contributed by atoms with E-state index in [1.54, 1.807) is 18.5 Å². The van der Waals surface area contributed by atoms with E-state index < -0.39 is 0 Å². The molecule has 0 unspecified atom stereocenters. The van der Waals surface area contributed by atoms with Crippen molar-refractivity contribution < 1.29 is 4.84 Å². The molecule has 45 heavy (non-hydrogen) atoms. The molecule has 1 aliphatic heterocycles. The average molecular weight is 585 g/mol. The number of hydrogen-bond donors (Lipinski definition) is 4. The normalized spacial score (nSPS) is 11.7. The molecule has 1 aliphatic rings. The zero-order chi connectivity index (χ0) is 30.3. The number of benzene rings is 6. The second-order valence-electron chi connectivity index (χ2n) is 10.6. The van der Waals surface area contributed by atoms with Gasteiger partial charge in [0.2, 0.25) is 0 Å². The predicted molar refractivity (Wildman–Crippen MR) is 190 cm³/mol. The van der Waals surface area contributed by atoms with E-state index in [9.17, 15) is 0 Å². The number of rotatable bonds is 0. The highest BCUT2D eigenvalue weighted by molar-refractivity contribution is 6.08. The van der Waals surface area contributed by atoms with Crippen LogP contribution in [0.4, 0.5) is 0 Å². The van der Waals surface area contributed by atoms with Gasteiger partial charge in [-0.25, -0.2) is 5.48 Å². The molecule has 0 aliphatic carbocycles. The van der Waals surface area contributed by atoms with Gasteiger partial charge in [0.25, 0.3) is 0 Å². The lowest BCUT2D eigenvalue weighted by Crippen LogP contribution is -2.01. The highest BCUT2D eigenvalue weighted by Gasteiger charge is 2.02. The molecular formula is C40H32N4O. The molecule has 0 saturated heterocycles. The highest BCUT2D eigenvalue weighted by atomic mass is 16.6. The molecule has 0 fully saturated rings. The van der Waals surface area contributed by atoms with Crippen molar-refractivity contribution in [2.24, 2.45) is 0 Å². The zero-order valence-electron chi connectivity index (χ0n) is 24.6. The fourth-order valence-electron chi connectivity index (χ4n) is 5.66. The number of hydrogen-bond acceptors (Lipinski definition) is 2. The van der Waals surface area contributed by atoms with Crippen LogP contribution < -0.4 is 5.48 Å². The van der Waals surface area contributed by atoms with Gasteiger partial charge in [-0.15, -0.1) is 0 Å². The summed E-state index contributed by atoms with van der Waals surface area (Å²) in [5, 5.41) is 7.82. The molecule has 5 nitrogen and oxygen atoms in total. The summed E-state index contributed by atoms with van der Waals surface area (Å²) in [6, 6.07) is 50.3. The van der Waals surface area contributed by atoms with Gasteiger partial charge in [0, 0.05) is 71.6 Å². The molecule has 5 heteroatoms. The van der Waals surface area contributed by atoms with Crippen molar-refractivity contribution in [3.8, 4) is 0 Å². The molecule has 0 amide bonds. The van der Waals surface area contributed by atoms with E-state index in [4.69, 9.17) is 0 Å². The van der Waals surface area contributed by atoms with Crippen molar-refractivity contribution in [1.29, 1.82) is 0 Å². The summed E-state index contributed by atoms with van der Waals surface area (Å²) < 4.78 is 0. The Bertz CT molecular complexity index is 1990. The maximum Gasteiger partial charge on any atom is 0.119 e. The van der Waals surface area contributed by atoms with Crippen molar-refractivity contribution in [2.75, 3.05) is 0 Å². The Morgan fingerprint density at radius 3 is 0.756 bits per heavy atom. The standard InChI is InChI=1S/3C12H9N.C4H5NO/c3*1-3-7-11-9(5-1)10-6-2-4-8-12(10)13-11;1-2-4-6-5-3-1/h3*1-8,13H;1-5H. The van der Waals surface area contributed by atoms with E-state index >= 15 is 0 Å². The van der Waals surface area contributed by atoms with Gasteiger partial charge in [-0.05, 0) is 48.6 Å². The zero-order valence-corrected chi connectivity index (χ0v) is 24.6. The van der Waals surface area contributed by atoms with Crippen LogP contribution in [0.3, 0.4) is 0 Å². The Balaban J connectivity index is 0.0000000995. The fourth-order valence-corrected chi connectivity index (χ4v) is 5.66. The molecule has 6 aromatic carbocycles. The van der Waals surface area contributed by atoms with E-state index in [2.05, 4.69) is 171 Å². The molecule has 218 valence electrons. The minimum Gasteiger partial charge on any atom is -0.391 e. The number of aromatic amines is 3. The topological polar surface area (TPSA) is 68.6 Å². The van der Waals surface area contributed by atoms with E-state index in [1.807, 2.05) is 6.08 Å². The first-order valence-electron chi connectivity index (χ1n) is 14.9. The van der Waals surface area contributed by atoms with Crippen LogP contribution in [0.5, 0.6) is 0 Å². The Morgan fingerprint density at radius 2 is 0.578 bits per heavy atom. The first-order chi connectivity index (χ1) is 22.3. The van der Waals surface area contributed by atoms with E-state index in [0.29, 0.717) is 0 Å². The smallest absolute Gasteiger partial charge is 0.119 e. The maximum absolute atomic E-state index is 4.55. The third-order valence-electron chi connectivity index (χ3n) is 7.73. The second kappa shape index (κ2) is 13.0. The van der Waals surface area contributed by atoms with E-state index in [0.717, 1.165) is 0 Å². The summed E-state index contributed by atoms with van der Waals surface area (Å²) in [7, 11) is 0. The van der Waals surface area contributed by atoms with E-state index in [-0.39, 0.29) is 0 Å². The summed E-state index contributed by atoms with van der Waals surface area (Å²) in [5.41, 5.74) is 9.79. The first-order valence-corrected chi connectivity index (χ1v) is 14.9. The van der Waals surface area contributed by atoms with Crippen molar-refractivity contribution >= 4 is 65.4 Å². The number of allylic oxidation sites excluding steroid dienone is 2. The van der Waals surface area contributed by atoms with Gasteiger partial charge < -0.3 is 19.8 Å². The molecule has 0 radical (unpaired) electrons. The first kappa shape index (κ1) is 27.6. The van der Waals surface area contributed by atoms with Crippen LogP contribution >= 0.6 is 0 Å². The summed E-state index contributed by atoms with van der Waals surface area (Å²) in [6.07, 6.45) is 6.93. The Hall–Kier alpha value is -6.20. The van der Waals surface area contributed by atoms with Gasteiger partial charge in [-0.2, -0.15) is 0 Å². The summed E-state index contributed by atoms with van der Waals surface area (Å²) >= 11 is 0. The molecule has 9 aromatic rings. The largest absolute Gasteiger partial charge is 0.391 e. The van der Waals surface area contributed by atoms with Crippen LogP contribution in [0.2, 0.25) is 0 Å². The molecule has 0 spiro atoms. The van der Waals surface area contributed by atoms with Gasteiger partial charge in [-0.1, -0.05) is 109 Å². The van der Waals surface area contributed by atoms with E-state index in [1.165, 1.54) is 65.4 Å². The molecule has 4 N–H and O–H groups in total. The van der Waals surface area contributed by atoms with Crippen molar-refractivity contribution in [3.05, 3.63) is 170 Å². The molecule has 0 atom stereocenters. The van der Waals surface area contributed by atoms with Crippen LogP contribution in [0.1, 0.15) is 0 Å². The predicted octanol–water partition coefficient (Wildman–Crippen LogP) is 10.5. The number of H-pyrrole nitrogens is 3. The number of aromatic nitrogens is 3. The van der Waals surface area contributed by atoms with Gasteiger partial charge in [0.05, 0.1) is 0 Å². The highest BCUT2D eigenvalue weighted by Crippen LogP contribution is 2.26. The van der Waals surface area contributed by atoms with Crippen molar-refractivity contribution in [1.82, 2.24) is 20.4 Å². The van der Waals surface area contributed by atoms with Crippen molar-refractivity contribution in [3.63, 3.8) is 0 Å². The van der Waals surface area contributed by atoms with Crippen LogP contribution in [-0.2, 0) is 4.84 Å². The molecule has 10 rings (SSSR count). The Morgan fingerprint density at radius 1 is 0.311 bits per heavy atom. The second-order valence-corrected chi connectivity index (χ2v) is 10.6. The molecule has 0 bridgehead atoms. The third kappa shape index (κ3) is 6.01.